The van der Waals surface area contributed by atoms with Crippen LogP contribution in [-0.2, 0) is 20.0 Å². The molecule has 2 aromatic heterocycles. The molecule has 0 radical (unpaired) electrons. The largest absolute Gasteiger partial charge is 0.340 e. The molecule has 0 amide bonds. The van der Waals surface area contributed by atoms with Crippen LogP contribution in [0.15, 0.2) is 24.3 Å². The summed E-state index contributed by atoms with van der Waals surface area (Å²) in [5.41, 5.74) is 4.39. The van der Waals surface area contributed by atoms with Crippen LogP contribution < -0.4 is 4.90 Å². The lowest BCUT2D eigenvalue weighted by Gasteiger charge is -2.34. The molecule has 1 saturated heterocycles. The van der Waals surface area contributed by atoms with Gasteiger partial charge >= 0.3 is 0 Å². The summed E-state index contributed by atoms with van der Waals surface area (Å²) in [5.74, 6) is 0.967. The Balaban J connectivity index is 1.43. The Morgan fingerprint density at radius 2 is 1.92 bits per heavy atom. The van der Waals surface area contributed by atoms with Crippen molar-refractivity contribution < 1.29 is 0 Å². The zero-order valence-electron chi connectivity index (χ0n) is 14.7. The molecular formula is C18H23ClN6. The van der Waals surface area contributed by atoms with Crippen molar-refractivity contribution in [3.05, 3.63) is 40.7 Å². The number of fused-ring (bicyclic) bond motifs is 1. The minimum absolute atomic E-state index is 0.761. The molecule has 0 spiro atoms. The number of aromatic nitrogens is 4. The third-order valence-electron chi connectivity index (χ3n) is 4.92. The van der Waals surface area contributed by atoms with E-state index in [2.05, 4.69) is 32.9 Å². The number of rotatable bonds is 4. The molecule has 1 aromatic carbocycles. The molecule has 0 unspecified atom stereocenters. The molecule has 3 aromatic rings. The van der Waals surface area contributed by atoms with Gasteiger partial charge in [0, 0.05) is 45.3 Å². The van der Waals surface area contributed by atoms with Crippen molar-refractivity contribution in [2.75, 3.05) is 31.1 Å². The first kappa shape index (κ1) is 16.4. The summed E-state index contributed by atoms with van der Waals surface area (Å²) in [4.78, 5) is 12.9. The van der Waals surface area contributed by atoms with Crippen LogP contribution in [0.2, 0.25) is 5.15 Å². The molecular weight excluding hydrogens is 336 g/mol. The molecule has 1 N–H and O–H groups in total. The lowest BCUT2D eigenvalue weighted by molar-refractivity contribution is 0.248. The fraction of sp³-hybridized carbons (Fsp3) is 0.444. The van der Waals surface area contributed by atoms with Gasteiger partial charge in [-0.15, -0.1) is 0 Å². The van der Waals surface area contributed by atoms with Crippen molar-refractivity contribution >= 4 is 28.6 Å². The molecule has 4 rings (SSSR count). The molecule has 0 bridgehead atoms. The Kier molecular flexibility index (Phi) is 4.39. The van der Waals surface area contributed by atoms with Gasteiger partial charge in [0.2, 0.25) is 5.95 Å². The number of anilines is 1. The van der Waals surface area contributed by atoms with Crippen molar-refractivity contribution in [3.63, 3.8) is 0 Å². The van der Waals surface area contributed by atoms with Crippen molar-refractivity contribution in [1.82, 2.24) is 24.6 Å². The Bertz CT molecular complexity index is 842. The van der Waals surface area contributed by atoms with E-state index in [9.17, 15) is 0 Å². The Morgan fingerprint density at radius 3 is 2.64 bits per heavy atom. The SMILES string of the molecule is CCc1nn(C)c(Cl)c1CN1CCN(c2nc3ccccc3[nH]2)CC1. The lowest BCUT2D eigenvalue weighted by Crippen LogP contribution is -2.46. The number of hydrogen-bond acceptors (Lipinski definition) is 4. The second-order valence-electron chi connectivity index (χ2n) is 6.53. The number of aryl methyl sites for hydroxylation is 2. The normalized spacial score (nSPS) is 16.0. The quantitative estimate of drug-likeness (QED) is 0.779. The van der Waals surface area contributed by atoms with Gasteiger partial charge in [-0.05, 0) is 18.6 Å². The van der Waals surface area contributed by atoms with Crippen LogP contribution in [0.25, 0.3) is 11.0 Å². The molecule has 1 aliphatic heterocycles. The first-order valence-electron chi connectivity index (χ1n) is 8.78. The minimum Gasteiger partial charge on any atom is -0.340 e. The summed E-state index contributed by atoms with van der Waals surface area (Å²) in [6.45, 7) is 6.89. The third-order valence-corrected chi connectivity index (χ3v) is 5.39. The Hall–Kier alpha value is -2.05. The van der Waals surface area contributed by atoms with Gasteiger partial charge in [0.1, 0.15) is 5.15 Å². The predicted octanol–water partition coefficient (Wildman–Crippen LogP) is 2.83. The molecule has 0 saturated carbocycles. The number of nitrogens with one attached hydrogen (secondary N) is 1. The van der Waals surface area contributed by atoms with E-state index in [0.717, 1.165) is 67.0 Å². The van der Waals surface area contributed by atoms with Crippen LogP contribution in [0.1, 0.15) is 18.2 Å². The molecule has 1 aliphatic rings. The van der Waals surface area contributed by atoms with Gasteiger partial charge in [-0.1, -0.05) is 30.7 Å². The van der Waals surface area contributed by atoms with Gasteiger partial charge in [0.05, 0.1) is 16.7 Å². The van der Waals surface area contributed by atoms with Crippen LogP contribution in [0.3, 0.4) is 0 Å². The molecule has 132 valence electrons. The molecule has 0 aliphatic carbocycles. The van der Waals surface area contributed by atoms with Crippen LogP contribution in [0.5, 0.6) is 0 Å². The van der Waals surface area contributed by atoms with Gasteiger partial charge in [0.15, 0.2) is 0 Å². The summed E-state index contributed by atoms with van der Waals surface area (Å²) in [6.07, 6.45) is 0.912. The highest BCUT2D eigenvalue weighted by atomic mass is 35.5. The average Bonchev–Trinajstić information content (AvgIpc) is 3.18. The van der Waals surface area contributed by atoms with Gasteiger partial charge in [-0.25, -0.2) is 4.98 Å². The van der Waals surface area contributed by atoms with Crippen LogP contribution in [-0.4, -0.2) is 50.8 Å². The minimum atomic E-state index is 0.761. The summed E-state index contributed by atoms with van der Waals surface area (Å²) >= 11 is 6.43. The number of nitrogens with zero attached hydrogens (tertiary/aromatic N) is 5. The smallest absolute Gasteiger partial charge is 0.203 e. The fourth-order valence-electron chi connectivity index (χ4n) is 3.47. The van der Waals surface area contributed by atoms with E-state index in [-0.39, 0.29) is 0 Å². The molecule has 6 nitrogen and oxygen atoms in total. The molecule has 7 heteroatoms. The summed E-state index contributed by atoms with van der Waals surface area (Å²) in [5, 5.41) is 5.27. The van der Waals surface area contributed by atoms with Gasteiger partial charge in [-0.3, -0.25) is 9.58 Å². The maximum absolute atomic E-state index is 6.43. The van der Waals surface area contributed by atoms with E-state index in [1.807, 2.05) is 25.2 Å². The topological polar surface area (TPSA) is 53.0 Å². The van der Waals surface area contributed by atoms with E-state index >= 15 is 0 Å². The first-order valence-corrected chi connectivity index (χ1v) is 9.15. The monoisotopic (exact) mass is 358 g/mol. The van der Waals surface area contributed by atoms with Crippen LogP contribution in [0.4, 0.5) is 5.95 Å². The van der Waals surface area contributed by atoms with Crippen molar-refractivity contribution in [2.24, 2.45) is 7.05 Å². The van der Waals surface area contributed by atoms with E-state index in [0.29, 0.717) is 0 Å². The van der Waals surface area contributed by atoms with E-state index in [1.54, 1.807) is 4.68 Å². The number of halogens is 1. The Morgan fingerprint density at radius 1 is 1.16 bits per heavy atom. The van der Waals surface area contributed by atoms with Crippen molar-refractivity contribution in [1.29, 1.82) is 0 Å². The second-order valence-corrected chi connectivity index (χ2v) is 6.89. The summed E-state index contributed by atoms with van der Waals surface area (Å²) in [7, 11) is 1.91. The third kappa shape index (κ3) is 3.12. The first-order chi connectivity index (χ1) is 12.2. The van der Waals surface area contributed by atoms with Crippen LogP contribution >= 0.6 is 11.6 Å². The van der Waals surface area contributed by atoms with Gasteiger partial charge in [-0.2, -0.15) is 5.10 Å². The maximum atomic E-state index is 6.43. The molecule has 1 fully saturated rings. The Labute approximate surface area is 152 Å². The summed E-state index contributed by atoms with van der Waals surface area (Å²) in [6, 6.07) is 8.17. The molecule has 25 heavy (non-hydrogen) atoms. The van der Waals surface area contributed by atoms with E-state index in [4.69, 9.17) is 16.6 Å². The predicted molar refractivity (Wildman–Crippen MR) is 101 cm³/mol. The number of aromatic amines is 1. The second kappa shape index (κ2) is 6.69. The van der Waals surface area contributed by atoms with E-state index in [1.165, 1.54) is 5.56 Å². The molecule has 3 heterocycles. The highest BCUT2D eigenvalue weighted by molar-refractivity contribution is 6.30. The number of piperazine rings is 1. The lowest BCUT2D eigenvalue weighted by atomic mass is 10.2. The summed E-state index contributed by atoms with van der Waals surface area (Å²) < 4.78 is 1.78. The molecule has 0 atom stereocenters. The number of hydrogen-bond donors (Lipinski definition) is 1. The van der Waals surface area contributed by atoms with Crippen LogP contribution in [0, 0.1) is 0 Å². The van der Waals surface area contributed by atoms with Crippen molar-refractivity contribution in [3.8, 4) is 0 Å². The zero-order valence-corrected chi connectivity index (χ0v) is 15.4. The highest BCUT2D eigenvalue weighted by Crippen LogP contribution is 2.23. The zero-order chi connectivity index (χ0) is 17.4. The standard InChI is InChI=1S/C18H23ClN6/c1-3-14-13(17(19)23(2)22-14)12-24-8-10-25(11-9-24)18-20-15-6-4-5-7-16(15)21-18/h4-7H,3,8-12H2,1-2H3,(H,20,21). The highest BCUT2D eigenvalue weighted by Gasteiger charge is 2.22. The number of H-pyrrole nitrogens is 1. The maximum Gasteiger partial charge on any atom is 0.203 e. The fourth-order valence-corrected chi connectivity index (χ4v) is 3.68. The average molecular weight is 359 g/mol. The number of benzene rings is 1. The number of imidazole rings is 1. The van der Waals surface area contributed by atoms with Gasteiger partial charge < -0.3 is 9.88 Å². The van der Waals surface area contributed by atoms with Crippen molar-refractivity contribution in [2.45, 2.75) is 19.9 Å². The van der Waals surface area contributed by atoms with Gasteiger partial charge in [0.25, 0.3) is 0 Å². The van der Waals surface area contributed by atoms with E-state index < -0.39 is 0 Å². The number of para-hydroxylation sites is 2.